The van der Waals surface area contributed by atoms with E-state index in [2.05, 4.69) is 9.47 Å². The van der Waals surface area contributed by atoms with E-state index >= 15 is 0 Å². The van der Waals surface area contributed by atoms with Gasteiger partial charge >= 0.3 is 12.2 Å². The lowest BCUT2D eigenvalue weighted by atomic mass is 10.7. The molecule has 0 atom stereocenters. The standard InChI is InChI=1S/C5H6F2O4/c6-3-4(8)10-1-2-11-5(7)9/h1-3H2. The second-order valence-electron chi connectivity index (χ2n) is 1.44. The lowest BCUT2D eigenvalue weighted by Crippen LogP contribution is -2.12. The van der Waals surface area contributed by atoms with Gasteiger partial charge in [0.05, 0.1) is 0 Å². The Labute approximate surface area is 61.1 Å². The van der Waals surface area contributed by atoms with Crippen LogP contribution in [-0.2, 0) is 14.3 Å². The second kappa shape index (κ2) is 5.57. The van der Waals surface area contributed by atoms with Crippen LogP contribution in [0.3, 0.4) is 0 Å². The molecule has 0 aromatic rings. The molecule has 0 bridgehead atoms. The van der Waals surface area contributed by atoms with E-state index in [-0.39, 0.29) is 6.61 Å². The second-order valence-corrected chi connectivity index (χ2v) is 1.44. The Morgan fingerprint density at radius 2 is 1.73 bits per heavy atom. The van der Waals surface area contributed by atoms with Crippen molar-refractivity contribution in [1.82, 2.24) is 0 Å². The van der Waals surface area contributed by atoms with Crippen LogP contribution in [0.1, 0.15) is 0 Å². The highest BCUT2D eigenvalue weighted by Crippen LogP contribution is 1.84. The molecule has 0 rings (SSSR count). The molecule has 0 saturated carbocycles. The zero-order valence-corrected chi connectivity index (χ0v) is 5.51. The Morgan fingerprint density at radius 3 is 2.18 bits per heavy atom. The van der Waals surface area contributed by atoms with Crippen molar-refractivity contribution in [3.63, 3.8) is 0 Å². The van der Waals surface area contributed by atoms with Crippen LogP contribution in [0.4, 0.5) is 13.6 Å². The summed E-state index contributed by atoms with van der Waals surface area (Å²) >= 11 is 0. The quantitative estimate of drug-likeness (QED) is 0.350. The fourth-order valence-corrected chi connectivity index (χ4v) is 0.316. The molecule has 0 N–H and O–H groups in total. The molecule has 0 aliphatic carbocycles. The van der Waals surface area contributed by atoms with Gasteiger partial charge in [-0.2, -0.15) is 0 Å². The molecular formula is C5H6F2O4. The topological polar surface area (TPSA) is 52.6 Å². The number of ether oxygens (including phenoxy) is 2. The number of carbonyl (C=O) groups is 2. The zero-order valence-electron chi connectivity index (χ0n) is 5.51. The minimum atomic E-state index is -1.96. The van der Waals surface area contributed by atoms with E-state index in [0.29, 0.717) is 0 Å². The molecule has 0 amide bonds. The maximum atomic E-state index is 11.3. The summed E-state index contributed by atoms with van der Waals surface area (Å²) in [6, 6.07) is 0. The summed E-state index contributed by atoms with van der Waals surface area (Å²) in [6.07, 6.45) is -1.96. The van der Waals surface area contributed by atoms with Crippen LogP contribution >= 0.6 is 0 Å². The highest BCUT2D eigenvalue weighted by Gasteiger charge is 2.01. The lowest BCUT2D eigenvalue weighted by Gasteiger charge is -1.99. The first kappa shape index (κ1) is 9.80. The first-order valence-electron chi connectivity index (χ1n) is 2.70. The fourth-order valence-electron chi connectivity index (χ4n) is 0.316. The molecule has 0 fully saturated rings. The Kier molecular flexibility index (Phi) is 4.97. The highest BCUT2D eigenvalue weighted by molar-refractivity contribution is 5.70. The summed E-state index contributed by atoms with van der Waals surface area (Å²) in [5, 5.41) is 0. The molecule has 0 heterocycles. The van der Waals surface area contributed by atoms with Gasteiger partial charge in [-0.3, -0.25) is 0 Å². The van der Waals surface area contributed by atoms with Gasteiger partial charge in [-0.05, 0) is 0 Å². The largest absolute Gasteiger partial charge is 0.495 e. The number of alkyl halides is 1. The number of rotatable bonds is 4. The maximum absolute atomic E-state index is 11.3. The smallest absolute Gasteiger partial charge is 0.460 e. The first-order valence-corrected chi connectivity index (χ1v) is 2.70. The van der Waals surface area contributed by atoms with E-state index < -0.39 is 25.5 Å². The summed E-state index contributed by atoms with van der Waals surface area (Å²) in [5.41, 5.74) is 0. The van der Waals surface area contributed by atoms with Gasteiger partial charge in [0.2, 0.25) is 0 Å². The molecule has 0 radical (unpaired) electrons. The van der Waals surface area contributed by atoms with Gasteiger partial charge in [-0.1, -0.05) is 0 Å². The summed E-state index contributed by atoms with van der Waals surface area (Å²) in [4.78, 5) is 19.5. The van der Waals surface area contributed by atoms with Crippen molar-refractivity contribution >= 4 is 12.2 Å². The van der Waals surface area contributed by atoms with Crippen molar-refractivity contribution in [3.8, 4) is 0 Å². The van der Waals surface area contributed by atoms with Crippen LogP contribution in [0.5, 0.6) is 0 Å². The molecule has 0 aliphatic rings. The van der Waals surface area contributed by atoms with Crippen molar-refractivity contribution in [2.24, 2.45) is 0 Å². The van der Waals surface area contributed by atoms with Crippen LogP contribution in [-0.4, -0.2) is 32.1 Å². The molecule has 11 heavy (non-hydrogen) atoms. The number of hydrogen-bond donors (Lipinski definition) is 0. The fraction of sp³-hybridized carbons (Fsp3) is 0.600. The van der Waals surface area contributed by atoms with E-state index in [1.54, 1.807) is 0 Å². The zero-order chi connectivity index (χ0) is 8.69. The van der Waals surface area contributed by atoms with Gasteiger partial charge in [0.1, 0.15) is 13.2 Å². The van der Waals surface area contributed by atoms with Crippen molar-refractivity contribution in [2.45, 2.75) is 0 Å². The molecular weight excluding hydrogens is 162 g/mol. The third-order valence-corrected chi connectivity index (χ3v) is 0.671. The van der Waals surface area contributed by atoms with Crippen molar-refractivity contribution < 1.29 is 27.8 Å². The number of carbonyl (C=O) groups excluding carboxylic acids is 2. The monoisotopic (exact) mass is 168 g/mol. The molecule has 0 spiro atoms. The molecule has 0 aliphatic heterocycles. The van der Waals surface area contributed by atoms with Crippen molar-refractivity contribution in [3.05, 3.63) is 0 Å². The van der Waals surface area contributed by atoms with Crippen LogP contribution in [0, 0.1) is 0 Å². The summed E-state index contributed by atoms with van der Waals surface area (Å²) in [5.74, 6) is -1.07. The maximum Gasteiger partial charge on any atom is 0.495 e. The van der Waals surface area contributed by atoms with Gasteiger partial charge in [-0.25, -0.2) is 14.0 Å². The van der Waals surface area contributed by atoms with Gasteiger partial charge in [0.25, 0.3) is 0 Å². The Bertz CT molecular complexity index is 147. The molecule has 64 valence electrons. The Morgan fingerprint density at radius 1 is 1.18 bits per heavy atom. The molecule has 4 nitrogen and oxygen atoms in total. The van der Waals surface area contributed by atoms with E-state index in [1.807, 2.05) is 0 Å². The summed E-state index contributed by atoms with van der Waals surface area (Å²) in [6.45, 7) is -1.98. The summed E-state index contributed by atoms with van der Waals surface area (Å²) < 4.78 is 30.4. The van der Waals surface area contributed by atoms with Gasteiger partial charge in [-0.15, -0.1) is 4.39 Å². The van der Waals surface area contributed by atoms with Crippen molar-refractivity contribution in [1.29, 1.82) is 0 Å². The molecule has 0 saturated heterocycles. The minimum absolute atomic E-state index is 0.335. The predicted octanol–water partition coefficient (Wildman–Crippen LogP) is 0.605. The SMILES string of the molecule is O=C(F)OCCOC(=O)CF. The van der Waals surface area contributed by atoms with E-state index in [0.717, 1.165) is 0 Å². The molecule has 6 heteroatoms. The van der Waals surface area contributed by atoms with E-state index in [1.165, 1.54) is 0 Å². The van der Waals surface area contributed by atoms with E-state index in [9.17, 15) is 18.4 Å². The van der Waals surface area contributed by atoms with Gasteiger partial charge in [0.15, 0.2) is 6.67 Å². The third-order valence-electron chi connectivity index (χ3n) is 0.671. The average molecular weight is 168 g/mol. The normalized spacial score (nSPS) is 8.91. The third kappa shape index (κ3) is 6.69. The Hall–Kier alpha value is -1.20. The number of esters is 1. The van der Waals surface area contributed by atoms with Crippen molar-refractivity contribution in [2.75, 3.05) is 19.9 Å². The molecule has 0 aromatic carbocycles. The van der Waals surface area contributed by atoms with Crippen LogP contribution in [0.25, 0.3) is 0 Å². The van der Waals surface area contributed by atoms with Crippen LogP contribution < -0.4 is 0 Å². The molecule has 0 unspecified atom stereocenters. The molecule has 0 aromatic heterocycles. The predicted molar refractivity (Wildman–Crippen MR) is 29.4 cm³/mol. The Balaban J connectivity index is 3.14. The number of halogens is 2. The van der Waals surface area contributed by atoms with Crippen LogP contribution in [0.15, 0.2) is 0 Å². The number of hydrogen-bond acceptors (Lipinski definition) is 4. The lowest BCUT2D eigenvalue weighted by molar-refractivity contribution is -0.145. The van der Waals surface area contributed by atoms with Crippen LogP contribution in [0.2, 0.25) is 0 Å². The summed E-state index contributed by atoms with van der Waals surface area (Å²) in [7, 11) is 0. The minimum Gasteiger partial charge on any atom is -0.460 e. The first-order chi connectivity index (χ1) is 5.16. The van der Waals surface area contributed by atoms with Gasteiger partial charge in [0, 0.05) is 0 Å². The average Bonchev–Trinajstić information content (AvgIpc) is 1.97. The highest BCUT2D eigenvalue weighted by atomic mass is 19.1. The van der Waals surface area contributed by atoms with E-state index in [4.69, 9.17) is 0 Å². The van der Waals surface area contributed by atoms with Gasteiger partial charge < -0.3 is 9.47 Å².